The van der Waals surface area contributed by atoms with Crippen molar-refractivity contribution >= 4 is 11.8 Å². The van der Waals surface area contributed by atoms with Gasteiger partial charge in [-0.3, -0.25) is 0 Å². The van der Waals surface area contributed by atoms with E-state index in [1.54, 1.807) is 0 Å². The summed E-state index contributed by atoms with van der Waals surface area (Å²) in [5, 5.41) is 6.75. The van der Waals surface area contributed by atoms with Gasteiger partial charge < -0.3 is 16.4 Å². The van der Waals surface area contributed by atoms with E-state index in [4.69, 9.17) is 5.73 Å². The number of benzene rings is 1. The zero-order chi connectivity index (χ0) is 13.9. The molecule has 0 amide bonds. The summed E-state index contributed by atoms with van der Waals surface area (Å²) in [4.78, 5) is 8.68. The third-order valence-corrected chi connectivity index (χ3v) is 3.66. The van der Waals surface area contributed by atoms with Crippen LogP contribution < -0.4 is 16.4 Å². The lowest BCUT2D eigenvalue weighted by molar-refractivity contribution is 0.628. The Bertz CT molecular complexity index is 624. The van der Waals surface area contributed by atoms with Gasteiger partial charge in [-0.25, -0.2) is 4.98 Å². The highest BCUT2D eigenvalue weighted by molar-refractivity contribution is 5.51. The molecule has 104 valence electrons. The SMILES string of the molecule is Cc1ccccc1CNc1nc(N)nc2c1CNCC2. The standard InChI is InChI=1S/C15H19N5/c1-10-4-2-3-5-11(10)8-18-14-12-9-17-7-6-13(12)19-15(16)20-14/h2-5,17H,6-9H2,1H3,(H3,16,18,19,20). The number of hydrogen-bond acceptors (Lipinski definition) is 5. The smallest absolute Gasteiger partial charge is 0.222 e. The van der Waals surface area contributed by atoms with Gasteiger partial charge in [0.15, 0.2) is 0 Å². The van der Waals surface area contributed by atoms with Gasteiger partial charge in [0.1, 0.15) is 5.82 Å². The van der Waals surface area contributed by atoms with Gasteiger partial charge in [-0.2, -0.15) is 4.98 Å². The summed E-state index contributed by atoms with van der Waals surface area (Å²) < 4.78 is 0. The van der Waals surface area contributed by atoms with Crippen LogP contribution in [0.4, 0.5) is 11.8 Å². The van der Waals surface area contributed by atoms with Crippen LogP contribution in [0.5, 0.6) is 0 Å². The molecule has 0 saturated heterocycles. The summed E-state index contributed by atoms with van der Waals surface area (Å²) in [6, 6.07) is 8.34. The van der Waals surface area contributed by atoms with E-state index in [2.05, 4.69) is 45.7 Å². The van der Waals surface area contributed by atoms with Crippen molar-refractivity contribution in [3.05, 3.63) is 46.6 Å². The number of nitrogens with zero attached hydrogens (tertiary/aromatic N) is 2. The molecule has 0 bridgehead atoms. The fourth-order valence-electron chi connectivity index (χ4n) is 2.50. The number of nitrogens with one attached hydrogen (secondary N) is 2. The number of anilines is 2. The van der Waals surface area contributed by atoms with E-state index in [0.29, 0.717) is 5.95 Å². The summed E-state index contributed by atoms with van der Waals surface area (Å²) in [6.07, 6.45) is 0.904. The summed E-state index contributed by atoms with van der Waals surface area (Å²) in [7, 11) is 0. The van der Waals surface area contributed by atoms with Crippen molar-refractivity contribution in [3.8, 4) is 0 Å². The second kappa shape index (κ2) is 5.46. The fraction of sp³-hybridized carbons (Fsp3) is 0.333. The Morgan fingerprint density at radius 3 is 3.00 bits per heavy atom. The topological polar surface area (TPSA) is 75.9 Å². The maximum absolute atomic E-state index is 5.80. The van der Waals surface area contributed by atoms with Gasteiger partial charge in [-0.15, -0.1) is 0 Å². The maximum Gasteiger partial charge on any atom is 0.222 e. The van der Waals surface area contributed by atoms with Gasteiger partial charge in [-0.1, -0.05) is 24.3 Å². The van der Waals surface area contributed by atoms with Crippen LogP contribution in [0.1, 0.15) is 22.4 Å². The Balaban J connectivity index is 1.84. The number of fused-ring (bicyclic) bond motifs is 1. The Morgan fingerprint density at radius 1 is 1.30 bits per heavy atom. The monoisotopic (exact) mass is 269 g/mol. The van der Waals surface area contributed by atoms with Gasteiger partial charge in [0.25, 0.3) is 0 Å². The van der Waals surface area contributed by atoms with Crippen molar-refractivity contribution in [1.82, 2.24) is 15.3 Å². The van der Waals surface area contributed by atoms with E-state index >= 15 is 0 Å². The highest BCUT2D eigenvalue weighted by Gasteiger charge is 2.16. The molecule has 1 aliphatic rings. The predicted molar refractivity (Wildman–Crippen MR) is 80.4 cm³/mol. The molecular formula is C15H19N5. The van der Waals surface area contributed by atoms with Crippen molar-refractivity contribution < 1.29 is 0 Å². The molecular weight excluding hydrogens is 250 g/mol. The molecule has 20 heavy (non-hydrogen) atoms. The molecule has 0 spiro atoms. The molecule has 1 aliphatic heterocycles. The van der Waals surface area contributed by atoms with Crippen LogP contribution in [-0.4, -0.2) is 16.5 Å². The first-order chi connectivity index (χ1) is 9.74. The number of aryl methyl sites for hydroxylation is 1. The first kappa shape index (κ1) is 12.9. The average molecular weight is 269 g/mol. The second-order valence-electron chi connectivity index (χ2n) is 5.06. The van der Waals surface area contributed by atoms with Crippen LogP contribution in [0.15, 0.2) is 24.3 Å². The molecule has 2 aromatic rings. The van der Waals surface area contributed by atoms with Crippen LogP contribution in [0, 0.1) is 6.92 Å². The molecule has 1 aromatic heterocycles. The zero-order valence-corrected chi connectivity index (χ0v) is 11.6. The van der Waals surface area contributed by atoms with Crippen LogP contribution in [0.2, 0.25) is 0 Å². The van der Waals surface area contributed by atoms with Crippen LogP contribution in [0.3, 0.4) is 0 Å². The Kier molecular flexibility index (Phi) is 3.52. The molecule has 5 heteroatoms. The second-order valence-corrected chi connectivity index (χ2v) is 5.06. The number of rotatable bonds is 3. The Morgan fingerprint density at radius 2 is 2.15 bits per heavy atom. The molecule has 0 saturated carbocycles. The third-order valence-electron chi connectivity index (χ3n) is 3.66. The van der Waals surface area contributed by atoms with E-state index in [0.717, 1.165) is 43.1 Å². The third kappa shape index (κ3) is 2.58. The van der Waals surface area contributed by atoms with Crippen molar-refractivity contribution in [3.63, 3.8) is 0 Å². The lowest BCUT2D eigenvalue weighted by atomic mass is 10.1. The maximum atomic E-state index is 5.80. The van der Waals surface area contributed by atoms with E-state index in [9.17, 15) is 0 Å². The van der Waals surface area contributed by atoms with E-state index in [1.807, 2.05) is 6.07 Å². The average Bonchev–Trinajstić information content (AvgIpc) is 2.46. The highest BCUT2D eigenvalue weighted by atomic mass is 15.1. The van der Waals surface area contributed by atoms with Crippen molar-refractivity contribution in [2.24, 2.45) is 0 Å². The molecule has 0 atom stereocenters. The van der Waals surface area contributed by atoms with Crippen LogP contribution >= 0.6 is 0 Å². The quantitative estimate of drug-likeness (QED) is 0.789. The molecule has 0 radical (unpaired) electrons. The molecule has 1 aromatic carbocycles. The van der Waals surface area contributed by atoms with Crippen LogP contribution in [-0.2, 0) is 19.5 Å². The number of hydrogen-bond donors (Lipinski definition) is 3. The van der Waals surface area contributed by atoms with Gasteiger partial charge in [-0.05, 0) is 18.1 Å². The molecule has 3 rings (SSSR count). The van der Waals surface area contributed by atoms with E-state index < -0.39 is 0 Å². The first-order valence-corrected chi connectivity index (χ1v) is 6.88. The molecule has 5 nitrogen and oxygen atoms in total. The van der Waals surface area contributed by atoms with Gasteiger partial charge in [0.2, 0.25) is 5.95 Å². The molecule has 2 heterocycles. The van der Waals surface area contributed by atoms with Gasteiger partial charge >= 0.3 is 0 Å². The minimum atomic E-state index is 0.345. The summed E-state index contributed by atoms with van der Waals surface area (Å²) in [5.74, 6) is 1.20. The minimum absolute atomic E-state index is 0.345. The van der Waals surface area contributed by atoms with Gasteiger partial charge in [0.05, 0.1) is 5.69 Å². The van der Waals surface area contributed by atoms with E-state index in [-0.39, 0.29) is 0 Å². The normalized spacial score (nSPS) is 13.8. The fourth-order valence-corrected chi connectivity index (χ4v) is 2.50. The number of nitrogen functional groups attached to an aromatic ring is 1. The lowest BCUT2D eigenvalue weighted by Gasteiger charge is -2.20. The zero-order valence-electron chi connectivity index (χ0n) is 11.6. The van der Waals surface area contributed by atoms with Crippen molar-refractivity contribution in [1.29, 1.82) is 0 Å². The summed E-state index contributed by atoms with van der Waals surface area (Å²) in [6.45, 7) is 4.60. The van der Waals surface area contributed by atoms with Crippen molar-refractivity contribution in [2.45, 2.75) is 26.4 Å². The Hall–Kier alpha value is -2.14. The molecule has 0 unspecified atom stereocenters. The molecule has 0 aliphatic carbocycles. The minimum Gasteiger partial charge on any atom is -0.368 e. The highest BCUT2D eigenvalue weighted by Crippen LogP contribution is 2.21. The lowest BCUT2D eigenvalue weighted by Crippen LogP contribution is -2.27. The summed E-state index contributed by atoms with van der Waals surface area (Å²) >= 11 is 0. The predicted octanol–water partition coefficient (Wildman–Crippen LogP) is 1.63. The summed E-state index contributed by atoms with van der Waals surface area (Å²) in [5.41, 5.74) is 10.5. The van der Waals surface area contributed by atoms with Crippen LogP contribution in [0.25, 0.3) is 0 Å². The largest absolute Gasteiger partial charge is 0.368 e. The van der Waals surface area contributed by atoms with E-state index in [1.165, 1.54) is 11.1 Å². The number of aromatic nitrogens is 2. The molecule has 4 N–H and O–H groups in total. The first-order valence-electron chi connectivity index (χ1n) is 6.88. The van der Waals surface area contributed by atoms with Gasteiger partial charge in [0, 0.05) is 31.6 Å². The Labute approximate surface area is 118 Å². The van der Waals surface area contributed by atoms with Crippen molar-refractivity contribution in [2.75, 3.05) is 17.6 Å². The number of nitrogens with two attached hydrogens (primary N) is 1. The molecule has 0 fully saturated rings.